The summed E-state index contributed by atoms with van der Waals surface area (Å²) in [4.78, 5) is 26.4. The van der Waals surface area contributed by atoms with Crippen LogP contribution in [0.1, 0.15) is 21.5 Å². The first kappa shape index (κ1) is 29.6. The van der Waals surface area contributed by atoms with Crippen LogP contribution in [-0.4, -0.2) is 75.2 Å². The van der Waals surface area contributed by atoms with Gasteiger partial charge < -0.3 is 29.5 Å². The van der Waals surface area contributed by atoms with E-state index in [9.17, 15) is 14.3 Å². The molecule has 5 aromatic rings. The lowest BCUT2D eigenvalue weighted by Crippen LogP contribution is -2.47. The lowest BCUT2D eigenvalue weighted by Gasteiger charge is -2.32. The molecule has 3 aromatic carbocycles. The summed E-state index contributed by atoms with van der Waals surface area (Å²) < 4.78 is 21.2. The van der Waals surface area contributed by atoms with Gasteiger partial charge in [-0.2, -0.15) is 0 Å². The lowest BCUT2D eigenvalue weighted by atomic mass is 10.1. The van der Waals surface area contributed by atoms with Crippen LogP contribution in [-0.2, 0) is 13.0 Å². The molecule has 0 saturated carbocycles. The summed E-state index contributed by atoms with van der Waals surface area (Å²) in [6.45, 7) is 3.14. The van der Waals surface area contributed by atoms with Gasteiger partial charge in [-0.1, -0.05) is 23.7 Å². The third-order valence-electron chi connectivity index (χ3n) is 7.71. The van der Waals surface area contributed by atoms with Crippen LogP contribution in [0.5, 0.6) is 5.75 Å². The average Bonchev–Trinajstić information content (AvgIpc) is 3.45. The number of halogens is 2. The van der Waals surface area contributed by atoms with Crippen molar-refractivity contribution in [1.29, 1.82) is 0 Å². The molecule has 1 aliphatic heterocycles. The van der Waals surface area contributed by atoms with Gasteiger partial charge in [-0.15, -0.1) is 0 Å². The fourth-order valence-corrected chi connectivity index (χ4v) is 5.50. The van der Waals surface area contributed by atoms with Crippen molar-refractivity contribution in [3.8, 4) is 11.4 Å². The lowest BCUT2D eigenvalue weighted by molar-refractivity contribution is 0.0663. The molecule has 2 aromatic heterocycles. The van der Waals surface area contributed by atoms with Crippen LogP contribution in [0, 0.1) is 5.82 Å². The first-order valence-electron chi connectivity index (χ1n) is 14.4. The van der Waals surface area contributed by atoms with E-state index in [1.54, 1.807) is 24.3 Å². The number of aromatic nitrogens is 3. The number of hydrogen-bond acceptors (Lipinski definition) is 7. The topological polar surface area (TPSA) is 95.8 Å². The van der Waals surface area contributed by atoms with Crippen LogP contribution in [0.4, 0.5) is 15.9 Å². The van der Waals surface area contributed by atoms with Gasteiger partial charge in [0.2, 0.25) is 0 Å². The summed E-state index contributed by atoms with van der Waals surface area (Å²) in [6.07, 6.45) is 5.62. The van der Waals surface area contributed by atoms with E-state index in [0.717, 1.165) is 35.2 Å². The van der Waals surface area contributed by atoms with Crippen LogP contribution in [0.25, 0.3) is 16.6 Å². The first-order valence-corrected chi connectivity index (χ1v) is 14.7. The maximum absolute atomic E-state index is 13.5. The van der Waals surface area contributed by atoms with Crippen LogP contribution in [0.15, 0.2) is 79.4 Å². The fraction of sp³-hybridized carbons (Fsp3) is 0.242. The number of aliphatic hydroxyl groups excluding tert-OH is 1. The number of amides is 1. The standard InChI is InChI=1S/C33H32ClFN6O3/c1-39-10-12-40(13-11-39)33(43)28-19-41(18-23(28)9-14-42)26-6-7-30-27(17-26)32(37-21-36-30)38-25-5-8-31(29(34)16-25)44-20-22-3-2-4-24(35)15-22/h2-8,15-19,21,42H,9-14,20H2,1H3,(H,36,37,38). The molecule has 2 N–H and O–H groups in total. The molecule has 0 atom stereocenters. The van der Waals surface area contributed by atoms with Gasteiger partial charge in [0.1, 0.15) is 30.3 Å². The molecule has 6 rings (SSSR count). The average molecular weight is 615 g/mol. The number of carbonyl (C=O) groups excluding carboxylic acids is 1. The van der Waals surface area contributed by atoms with E-state index in [1.165, 1.54) is 18.5 Å². The van der Waals surface area contributed by atoms with E-state index in [0.29, 0.717) is 52.9 Å². The molecule has 44 heavy (non-hydrogen) atoms. The summed E-state index contributed by atoms with van der Waals surface area (Å²) in [5, 5.41) is 14.2. The molecule has 9 nitrogen and oxygen atoms in total. The van der Waals surface area contributed by atoms with E-state index >= 15 is 0 Å². The van der Waals surface area contributed by atoms with E-state index in [-0.39, 0.29) is 24.9 Å². The molecule has 1 aliphatic rings. The van der Waals surface area contributed by atoms with Crippen molar-refractivity contribution in [2.45, 2.75) is 13.0 Å². The van der Waals surface area contributed by atoms with Gasteiger partial charge in [0.15, 0.2) is 0 Å². The molecule has 0 radical (unpaired) electrons. The SMILES string of the molecule is CN1CCN(C(=O)c2cn(-c3ccc4ncnc(Nc5ccc(OCc6cccc(F)c6)c(Cl)c5)c4c3)cc2CCO)CC1. The van der Waals surface area contributed by atoms with E-state index < -0.39 is 0 Å². The highest BCUT2D eigenvalue weighted by Crippen LogP contribution is 2.32. The second-order valence-corrected chi connectivity index (χ2v) is 11.2. The normalized spacial score (nSPS) is 13.8. The number of hydrogen-bond donors (Lipinski definition) is 2. The van der Waals surface area contributed by atoms with Crippen molar-refractivity contribution >= 4 is 39.9 Å². The van der Waals surface area contributed by atoms with Crippen LogP contribution in [0.3, 0.4) is 0 Å². The number of benzene rings is 3. The van der Waals surface area contributed by atoms with Crippen LogP contribution in [0.2, 0.25) is 5.02 Å². The number of anilines is 2. The highest BCUT2D eigenvalue weighted by molar-refractivity contribution is 6.32. The van der Waals surface area contributed by atoms with E-state index in [1.807, 2.05) is 46.1 Å². The molecule has 1 fully saturated rings. The fourth-order valence-electron chi connectivity index (χ4n) is 5.26. The van der Waals surface area contributed by atoms with Gasteiger partial charge in [-0.05, 0) is 73.1 Å². The van der Waals surface area contributed by atoms with Crippen molar-refractivity contribution in [3.63, 3.8) is 0 Å². The molecule has 0 spiro atoms. The molecule has 0 aliphatic carbocycles. The van der Waals surface area contributed by atoms with Gasteiger partial charge in [0, 0.05) is 61.9 Å². The summed E-state index contributed by atoms with van der Waals surface area (Å²) in [5.41, 5.74) is 4.36. The number of carbonyl (C=O) groups is 1. The molecule has 1 saturated heterocycles. The third kappa shape index (κ3) is 6.52. The van der Waals surface area contributed by atoms with E-state index in [4.69, 9.17) is 16.3 Å². The second-order valence-electron chi connectivity index (χ2n) is 10.8. The van der Waals surface area contributed by atoms with Gasteiger partial charge >= 0.3 is 0 Å². The molecule has 0 bridgehead atoms. The largest absolute Gasteiger partial charge is 0.487 e. The Morgan fingerprint density at radius 3 is 2.66 bits per heavy atom. The molecule has 1 amide bonds. The second kappa shape index (κ2) is 13.0. The summed E-state index contributed by atoms with van der Waals surface area (Å²) in [6, 6.07) is 17.4. The van der Waals surface area contributed by atoms with Crippen molar-refractivity contribution in [2.75, 3.05) is 45.2 Å². The molecule has 11 heteroatoms. The number of likely N-dealkylation sites (N-methyl/N-ethyl adjacent to an activating group) is 1. The van der Waals surface area contributed by atoms with Crippen LogP contribution < -0.4 is 10.1 Å². The van der Waals surface area contributed by atoms with Gasteiger partial charge in [-0.25, -0.2) is 14.4 Å². The zero-order valence-corrected chi connectivity index (χ0v) is 25.0. The third-order valence-corrected chi connectivity index (χ3v) is 8.00. The minimum Gasteiger partial charge on any atom is -0.487 e. The number of rotatable bonds is 9. The zero-order valence-electron chi connectivity index (χ0n) is 24.2. The van der Waals surface area contributed by atoms with Crippen molar-refractivity contribution in [3.05, 3.63) is 107 Å². The number of ether oxygens (including phenoxy) is 1. The van der Waals surface area contributed by atoms with Gasteiger partial charge in [-0.3, -0.25) is 4.79 Å². The Morgan fingerprint density at radius 1 is 1.05 bits per heavy atom. The zero-order chi connectivity index (χ0) is 30.6. The molecular weight excluding hydrogens is 583 g/mol. The number of fused-ring (bicyclic) bond motifs is 1. The Morgan fingerprint density at radius 2 is 1.89 bits per heavy atom. The molecule has 0 unspecified atom stereocenters. The number of piperazine rings is 1. The van der Waals surface area contributed by atoms with Crippen molar-refractivity contribution in [2.24, 2.45) is 0 Å². The number of nitrogens with one attached hydrogen (secondary N) is 1. The first-order chi connectivity index (χ1) is 21.4. The van der Waals surface area contributed by atoms with Crippen LogP contribution >= 0.6 is 11.6 Å². The predicted molar refractivity (Wildman–Crippen MR) is 169 cm³/mol. The van der Waals surface area contributed by atoms with E-state index in [2.05, 4.69) is 27.2 Å². The minimum absolute atomic E-state index is 0.0213. The Bertz CT molecular complexity index is 1800. The Labute approximate surface area is 259 Å². The molecular formula is C33H32ClFN6O3. The minimum atomic E-state index is -0.320. The number of nitrogens with zero attached hydrogens (tertiary/aromatic N) is 5. The quantitative estimate of drug-likeness (QED) is 0.228. The maximum Gasteiger partial charge on any atom is 0.255 e. The Hall–Kier alpha value is -4.51. The smallest absolute Gasteiger partial charge is 0.255 e. The maximum atomic E-state index is 13.5. The van der Waals surface area contributed by atoms with Gasteiger partial charge in [0.25, 0.3) is 5.91 Å². The molecule has 3 heterocycles. The number of aliphatic hydroxyl groups is 1. The summed E-state index contributed by atoms with van der Waals surface area (Å²) in [5.74, 6) is 0.716. The summed E-state index contributed by atoms with van der Waals surface area (Å²) in [7, 11) is 2.05. The molecule has 226 valence electrons. The Balaban J connectivity index is 1.24. The predicted octanol–water partition coefficient (Wildman–Crippen LogP) is 5.46. The highest BCUT2D eigenvalue weighted by atomic mass is 35.5. The van der Waals surface area contributed by atoms with Crippen molar-refractivity contribution < 1.29 is 19.0 Å². The van der Waals surface area contributed by atoms with Crippen molar-refractivity contribution in [1.82, 2.24) is 24.3 Å². The van der Waals surface area contributed by atoms with Gasteiger partial charge in [0.05, 0.1) is 16.1 Å². The highest BCUT2D eigenvalue weighted by Gasteiger charge is 2.24. The monoisotopic (exact) mass is 614 g/mol. The Kier molecular flexibility index (Phi) is 8.74. The summed E-state index contributed by atoms with van der Waals surface area (Å²) >= 11 is 6.52.